The number of hydrogen-bond acceptors (Lipinski definition) is 5. The van der Waals surface area contributed by atoms with E-state index in [0.717, 1.165) is 11.3 Å². The summed E-state index contributed by atoms with van der Waals surface area (Å²) in [7, 11) is -3.37. The molecule has 5 nitrogen and oxygen atoms in total. The summed E-state index contributed by atoms with van der Waals surface area (Å²) in [6, 6.07) is 13.8. The Morgan fingerprint density at radius 2 is 1.65 bits per heavy atom. The smallest absolute Gasteiger partial charge is 0.182 e. The highest BCUT2D eigenvalue weighted by molar-refractivity contribution is 7.90. The number of aliphatic hydroxyl groups excluding tert-OH is 2. The third kappa shape index (κ3) is 5.06. The van der Waals surface area contributed by atoms with Gasteiger partial charge in [0, 0.05) is 12.2 Å². The minimum Gasteiger partial charge on any atom is -0.394 e. The van der Waals surface area contributed by atoms with Gasteiger partial charge >= 0.3 is 0 Å². The topological polar surface area (TPSA) is 86.6 Å². The number of benzene rings is 2. The van der Waals surface area contributed by atoms with Crippen molar-refractivity contribution in [1.82, 2.24) is 0 Å². The van der Waals surface area contributed by atoms with Gasteiger partial charge in [0.2, 0.25) is 0 Å². The molecular formula is C17H21NO4S. The molecule has 0 saturated carbocycles. The van der Waals surface area contributed by atoms with Crippen LogP contribution in [0.3, 0.4) is 0 Å². The van der Waals surface area contributed by atoms with Gasteiger partial charge in [-0.3, -0.25) is 0 Å². The number of aliphatic hydroxyl groups is 2. The predicted molar refractivity (Wildman–Crippen MR) is 90.1 cm³/mol. The van der Waals surface area contributed by atoms with Gasteiger partial charge in [-0.05, 0) is 36.8 Å². The van der Waals surface area contributed by atoms with Crippen molar-refractivity contribution in [3.63, 3.8) is 0 Å². The van der Waals surface area contributed by atoms with Crippen molar-refractivity contribution in [3.8, 4) is 0 Å². The van der Waals surface area contributed by atoms with E-state index in [1.807, 2.05) is 6.92 Å². The van der Waals surface area contributed by atoms with Crippen LogP contribution in [0.2, 0.25) is 0 Å². The molecule has 1 unspecified atom stereocenters. The van der Waals surface area contributed by atoms with E-state index in [9.17, 15) is 13.5 Å². The van der Waals surface area contributed by atoms with Crippen molar-refractivity contribution in [2.45, 2.75) is 23.7 Å². The minimum atomic E-state index is -3.37. The van der Waals surface area contributed by atoms with Gasteiger partial charge in [-0.15, -0.1) is 0 Å². The van der Waals surface area contributed by atoms with Gasteiger partial charge in [0.05, 0.1) is 23.4 Å². The first kappa shape index (κ1) is 17.5. The van der Waals surface area contributed by atoms with E-state index >= 15 is 0 Å². The SMILES string of the molecule is Cc1ccc(S(=O)(=O)Cc2ccc(NCC(O)CO)cc2)cc1. The number of rotatable bonds is 7. The molecule has 6 heteroatoms. The van der Waals surface area contributed by atoms with Crippen molar-refractivity contribution in [1.29, 1.82) is 0 Å². The molecule has 0 bridgehead atoms. The van der Waals surface area contributed by atoms with Crippen LogP contribution in [0.1, 0.15) is 11.1 Å². The summed E-state index contributed by atoms with van der Waals surface area (Å²) in [6.45, 7) is 1.84. The molecule has 124 valence electrons. The first-order chi connectivity index (χ1) is 10.9. The highest BCUT2D eigenvalue weighted by Gasteiger charge is 2.15. The van der Waals surface area contributed by atoms with Gasteiger partial charge in [0.15, 0.2) is 9.84 Å². The number of sulfone groups is 1. The summed E-state index contributed by atoms with van der Waals surface area (Å²) in [6.07, 6.45) is -0.823. The maximum Gasteiger partial charge on any atom is 0.182 e. The third-order valence-electron chi connectivity index (χ3n) is 3.44. The Morgan fingerprint density at radius 1 is 1.04 bits per heavy atom. The van der Waals surface area contributed by atoms with Crippen LogP contribution in [0.4, 0.5) is 5.69 Å². The average molecular weight is 335 g/mol. The minimum absolute atomic E-state index is 0.0599. The fourth-order valence-corrected chi connectivity index (χ4v) is 3.42. The second-order valence-electron chi connectivity index (χ2n) is 5.49. The van der Waals surface area contributed by atoms with E-state index in [1.54, 1.807) is 48.5 Å². The van der Waals surface area contributed by atoms with Crippen molar-refractivity contribution in [3.05, 3.63) is 59.7 Å². The third-order valence-corrected chi connectivity index (χ3v) is 5.15. The summed E-state index contributed by atoms with van der Waals surface area (Å²) >= 11 is 0. The lowest BCUT2D eigenvalue weighted by atomic mass is 10.2. The van der Waals surface area contributed by atoms with E-state index in [-0.39, 0.29) is 18.9 Å². The molecule has 2 aromatic carbocycles. The molecule has 1 atom stereocenters. The number of nitrogens with one attached hydrogen (secondary N) is 1. The molecule has 0 radical (unpaired) electrons. The molecule has 0 aliphatic heterocycles. The van der Waals surface area contributed by atoms with Crippen LogP contribution in [0.15, 0.2) is 53.4 Å². The van der Waals surface area contributed by atoms with Crippen LogP contribution < -0.4 is 5.32 Å². The standard InChI is InChI=1S/C17H21NO4S/c1-13-2-8-17(9-3-13)23(21,22)12-14-4-6-15(7-5-14)18-10-16(20)11-19/h2-9,16,18-20H,10-12H2,1H3. The molecule has 2 aromatic rings. The predicted octanol–water partition coefficient (Wildman–Crippen LogP) is 1.73. The lowest BCUT2D eigenvalue weighted by Crippen LogP contribution is -2.22. The molecule has 0 aliphatic carbocycles. The zero-order valence-electron chi connectivity index (χ0n) is 12.9. The maximum atomic E-state index is 12.4. The Hall–Kier alpha value is -1.89. The average Bonchev–Trinajstić information content (AvgIpc) is 2.54. The van der Waals surface area contributed by atoms with E-state index in [4.69, 9.17) is 5.11 Å². The quantitative estimate of drug-likeness (QED) is 0.717. The molecule has 0 heterocycles. The van der Waals surface area contributed by atoms with Crippen molar-refractivity contribution < 1.29 is 18.6 Å². The van der Waals surface area contributed by atoms with Gasteiger partial charge in [0.1, 0.15) is 0 Å². The molecule has 2 rings (SSSR count). The van der Waals surface area contributed by atoms with Gasteiger partial charge in [-0.25, -0.2) is 8.42 Å². The van der Waals surface area contributed by atoms with Crippen LogP contribution in [0, 0.1) is 6.92 Å². The van der Waals surface area contributed by atoms with E-state index < -0.39 is 15.9 Å². The van der Waals surface area contributed by atoms with Crippen LogP contribution in [0.25, 0.3) is 0 Å². The Bertz CT molecular complexity index is 724. The zero-order chi connectivity index (χ0) is 16.9. The normalized spacial score (nSPS) is 12.8. The first-order valence-electron chi connectivity index (χ1n) is 7.32. The van der Waals surface area contributed by atoms with Gasteiger partial charge < -0.3 is 15.5 Å². The van der Waals surface area contributed by atoms with E-state index in [1.165, 1.54) is 0 Å². The van der Waals surface area contributed by atoms with Crippen LogP contribution >= 0.6 is 0 Å². The molecule has 0 amide bonds. The first-order valence-corrected chi connectivity index (χ1v) is 8.97. The summed E-state index contributed by atoms with van der Waals surface area (Å²) in [5, 5.41) is 21.0. The van der Waals surface area contributed by atoms with Gasteiger partial charge in [-0.1, -0.05) is 29.8 Å². The number of anilines is 1. The highest BCUT2D eigenvalue weighted by atomic mass is 32.2. The highest BCUT2D eigenvalue weighted by Crippen LogP contribution is 2.18. The molecule has 0 saturated heterocycles. The summed E-state index contributed by atoms with van der Waals surface area (Å²) < 4.78 is 24.8. The summed E-state index contributed by atoms with van der Waals surface area (Å²) in [4.78, 5) is 0.316. The van der Waals surface area contributed by atoms with Crippen molar-refractivity contribution in [2.75, 3.05) is 18.5 Å². The lowest BCUT2D eigenvalue weighted by Gasteiger charge is -2.11. The molecule has 3 N–H and O–H groups in total. The molecular weight excluding hydrogens is 314 g/mol. The molecule has 0 aliphatic rings. The largest absolute Gasteiger partial charge is 0.394 e. The Morgan fingerprint density at radius 3 is 2.22 bits per heavy atom. The molecule has 0 fully saturated rings. The number of aryl methyl sites for hydroxylation is 1. The van der Waals surface area contributed by atoms with Crippen LogP contribution in [0.5, 0.6) is 0 Å². The molecule has 0 aromatic heterocycles. The second-order valence-corrected chi connectivity index (χ2v) is 7.48. The van der Waals surface area contributed by atoms with Gasteiger partial charge in [0.25, 0.3) is 0 Å². The maximum absolute atomic E-state index is 12.4. The van der Waals surface area contributed by atoms with Crippen molar-refractivity contribution >= 4 is 15.5 Å². The Kier molecular flexibility index (Phi) is 5.76. The van der Waals surface area contributed by atoms with Gasteiger partial charge in [-0.2, -0.15) is 0 Å². The number of hydrogen-bond donors (Lipinski definition) is 3. The Labute approximate surface area is 136 Å². The summed E-state index contributed by atoms with van der Waals surface area (Å²) in [5.41, 5.74) is 2.47. The summed E-state index contributed by atoms with van der Waals surface area (Å²) in [5.74, 6) is -0.0599. The zero-order valence-corrected chi connectivity index (χ0v) is 13.8. The monoisotopic (exact) mass is 335 g/mol. The molecule has 0 spiro atoms. The van der Waals surface area contributed by atoms with E-state index in [2.05, 4.69) is 5.32 Å². The molecule has 23 heavy (non-hydrogen) atoms. The Balaban J connectivity index is 2.04. The van der Waals surface area contributed by atoms with Crippen LogP contribution in [-0.2, 0) is 15.6 Å². The fourth-order valence-electron chi connectivity index (χ4n) is 2.07. The lowest BCUT2D eigenvalue weighted by molar-refractivity contribution is 0.105. The second kappa shape index (κ2) is 7.59. The van der Waals surface area contributed by atoms with Crippen molar-refractivity contribution in [2.24, 2.45) is 0 Å². The van der Waals surface area contributed by atoms with Crippen LogP contribution in [-0.4, -0.2) is 37.9 Å². The van der Waals surface area contributed by atoms with E-state index in [0.29, 0.717) is 10.5 Å². The fraction of sp³-hybridized carbons (Fsp3) is 0.294.